The first-order valence-corrected chi connectivity index (χ1v) is 10.6. The number of benzene rings is 3. The molecule has 3 aromatic carbocycles. The largest absolute Gasteiger partial charge is 0.436 e. The molecule has 0 bridgehead atoms. The molecule has 4 rings (SSSR count). The van der Waals surface area contributed by atoms with Gasteiger partial charge in [-0.3, -0.25) is 4.79 Å². The van der Waals surface area contributed by atoms with Crippen molar-refractivity contribution >= 4 is 66.7 Å². The zero-order chi connectivity index (χ0) is 21.5. The lowest BCUT2D eigenvalue weighted by Crippen LogP contribution is -2.41. The summed E-state index contributed by atoms with van der Waals surface area (Å²) in [5.41, 5.74) is 2.50. The summed E-state index contributed by atoms with van der Waals surface area (Å²) in [7, 11) is 0. The summed E-state index contributed by atoms with van der Waals surface area (Å²) in [4.78, 5) is 16.8. The third kappa shape index (κ3) is 4.08. The van der Waals surface area contributed by atoms with Crippen LogP contribution < -0.4 is 10.6 Å². The summed E-state index contributed by atoms with van der Waals surface area (Å²) in [6.45, 7) is 5.50. The summed E-state index contributed by atoms with van der Waals surface area (Å²) < 4.78 is 7.04. The molecule has 0 fully saturated rings. The zero-order valence-electron chi connectivity index (χ0n) is 16.7. The van der Waals surface area contributed by atoms with Crippen molar-refractivity contribution in [3.05, 3.63) is 59.1 Å². The van der Waals surface area contributed by atoms with E-state index in [9.17, 15) is 4.79 Å². The number of nitrogens with one attached hydrogen (secondary N) is 2. The molecule has 0 radical (unpaired) electrons. The first-order valence-electron chi connectivity index (χ1n) is 9.43. The van der Waals surface area contributed by atoms with Gasteiger partial charge >= 0.3 is 0 Å². The van der Waals surface area contributed by atoms with Crippen molar-refractivity contribution in [2.24, 2.45) is 5.41 Å². The van der Waals surface area contributed by atoms with Crippen LogP contribution in [0, 0.1) is 5.41 Å². The van der Waals surface area contributed by atoms with Crippen molar-refractivity contribution in [2.75, 3.05) is 5.32 Å². The van der Waals surface area contributed by atoms with Gasteiger partial charge in [0, 0.05) is 21.1 Å². The molecule has 7 heteroatoms. The Morgan fingerprint density at radius 1 is 1.07 bits per heavy atom. The molecule has 0 atom stereocenters. The highest BCUT2D eigenvalue weighted by molar-refractivity contribution is 9.10. The van der Waals surface area contributed by atoms with Gasteiger partial charge in [0.25, 0.3) is 0 Å². The minimum atomic E-state index is -0.524. The van der Waals surface area contributed by atoms with E-state index < -0.39 is 5.41 Å². The summed E-state index contributed by atoms with van der Waals surface area (Å²) in [5, 5.41) is 8.14. The number of carbonyl (C=O) groups excluding carboxylic acids is 1. The standard InChI is InChI=1S/C23H20BrN3O2S/c1-23(2,3)21(28)27-22(30)25-13-10-11-19-18(12-13)26-20(29-19)16-8-4-7-15-14(16)6-5-9-17(15)24/h4-12H,1-3H3,(H2,25,27,28,30). The van der Waals surface area contributed by atoms with Crippen LogP contribution >= 0.6 is 28.1 Å². The Bertz CT molecular complexity index is 1290. The molecule has 1 heterocycles. The number of nitrogens with zero attached hydrogens (tertiary/aromatic N) is 1. The molecule has 0 aliphatic carbocycles. The Hall–Kier alpha value is -2.77. The number of oxazole rings is 1. The molecule has 0 saturated carbocycles. The Morgan fingerprint density at radius 2 is 1.80 bits per heavy atom. The van der Waals surface area contributed by atoms with E-state index in [0.717, 1.165) is 26.5 Å². The molecular weight excluding hydrogens is 462 g/mol. The van der Waals surface area contributed by atoms with Crippen LogP contribution in [0.2, 0.25) is 0 Å². The number of halogens is 1. The molecule has 0 aliphatic heterocycles. The van der Waals surface area contributed by atoms with Crippen LogP contribution in [0.5, 0.6) is 0 Å². The lowest BCUT2D eigenvalue weighted by molar-refractivity contribution is -0.126. The normalized spacial score (nSPS) is 11.6. The lowest BCUT2D eigenvalue weighted by Gasteiger charge is -2.18. The molecule has 152 valence electrons. The van der Waals surface area contributed by atoms with E-state index in [1.807, 2.05) is 69.3 Å². The first-order chi connectivity index (χ1) is 14.2. The summed E-state index contributed by atoms with van der Waals surface area (Å²) in [5.74, 6) is 0.404. The Morgan fingerprint density at radius 3 is 2.57 bits per heavy atom. The maximum absolute atomic E-state index is 12.1. The summed E-state index contributed by atoms with van der Waals surface area (Å²) in [6, 6.07) is 17.6. The van der Waals surface area contributed by atoms with Crippen molar-refractivity contribution in [1.82, 2.24) is 10.3 Å². The molecule has 1 amide bonds. The highest BCUT2D eigenvalue weighted by Crippen LogP contribution is 2.34. The Balaban J connectivity index is 1.63. The van der Waals surface area contributed by atoms with Gasteiger partial charge in [-0.15, -0.1) is 0 Å². The molecule has 2 N–H and O–H groups in total. The fraction of sp³-hybridized carbons (Fsp3) is 0.174. The van der Waals surface area contributed by atoms with Crippen molar-refractivity contribution in [3.8, 4) is 11.5 Å². The van der Waals surface area contributed by atoms with E-state index in [1.165, 1.54) is 0 Å². The van der Waals surface area contributed by atoms with E-state index in [4.69, 9.17) is 16.6 Å². The maximum atomic E-state index is 12.1. The molecule has 0 unspecified atom stereocenters. The van der Waals surface area contributed by atoms with Gasteiger partial charge in [-0.2, -0.15) is 0 Å². The van der Waals surface area contributed by atoms with Crippen molar-refractivity contribution in [2.45, 2.75) is 20.8 Å². The minimum absolute atomic E-state index is 0.146. The zero-order valence-corrected chi connectivity index (χ0v) is 19.1. The van der Waals surface area contributed by atoms with Crippen LogP contribution in [-0.4, -0.2) is 16.0 Å². The van der Waals surface area contributed by atoms with Crippen molar-refractivity contribution < 1.29 is 9.21 Å². The predicted octanol–water partition coefficient (Wildman–Crippen LogP) is 6.27. The second kappa shape index (κ2) is 7.81. The number of rotatable bonds is 2. The predicted molar refractivity (Wildman–Crippen MR) is 128 cm³/mol. The van der Waals surface area contributed by atoms with Gasteiger partial charge < -0.3 is 15.1 Å². The fourth-order valence-corrected chi connectivity index (χ4v) is 3.74. The number of anilines is 1. The highest BCUT2D eigenvalue weighted by atomic mass is 79.9. The number of aromatic nitrogens is 1. The van der Waals surface area contributed by atoms with Gasteiger partial charge in [0.2, 0.25) is 11.8 Å². The smallest absolute Gasteiger partial charge is 0.231 e. The van der Waals surface area contributed by atoms with E-state index in [1.54, 1.807) is 0 Å². The minimum Gasteiger partial charge on any atom is -0.436 e. The monoisotopic (exact) mass is 481 g/mol. The van der Waals surface area contributed by atoms with Gasteiger partial charge in [0.15, 0.2) is 10.7 Å². The highest BCUT2D eigenvalue weighted by Gasteiger charge is 2.22. The molecule has 0 saturated heterocycles. The van der Waals surface area contributed by atoms with Gasteiger partial charge in [-0.05, 0) is 53.3 Å². The van der Waals surface area contributed by atoms with Crippen molar-refractivity contribution in [1.29, 1.82) is 0 Å². The Kier molecular flexibility index (Phi) is 5.34. The third-order valence-corrected chi connectivity index (χ3v) is 5.55. The molecule has 0 aliphatic rings. The molecule has 4 aromatic rings. The first kappa shape index (κ1) is 20.5. The number of thiocarbonyl (C=S) groups is 1. The summed E-state index contributed by atoms with van der Waals surface area (Å²) in [6.07, 6.45) is 0. The molecule has 5 nitrogen and oxygen atoms in total. The van der Waals surface area contributed by atoms with E-state index >= 15 is 0 Å². The van der Waals surface area contributed by atoms with Gasteiger partial charge in [-0.25, -0.2) is 4.98 Å². The average molecular weight is 482 g/mol. The molecular formula is C23H20BrN3O2S. The average Bonchev–Trinajstić information content (AvgIpc) is 3.10. The second-order valence-electron chi connectivity index (χ2n) is 8.00. The van der Waals surface area contributed by atoms with Gasteiger partial charge in [-0.1, -0.05) is 61.0 Å². The Labute approximate surface area is 188 Å². The van der Waals surface area contributed by atoms with Crippen LogP contribution in [0.25, 0.3) is 33.3 Å². The maximum Gasteiger partial charge on any atom is 0.231 e. The molecule has 30 heavy (non-hydrogen) atoms. The van der Waals surface area contributed by atoms with Crippen LogP contribution in [0.3, 0.4) is 0 Å². The SMILES string of the molecule is CC(C)(C)C(=O)NC(=S)Nc1ccc2oc(-c3cccc4c(Br)cccc34)nc2c1. The second-order valence-corrected chi connectivity index (χ2v) is 9.26. The number of hydrogen-bond acceptors (Lipinski definition) is 4. The fourth-order valence-electron chi connectivity index (χ4n) is 3.03. The van der Waals surface area contributed by atoms with Crippen LogP contribution in [-0.2, 0) is 4.79 Å². The van der Waals surface area contributed by atoms with Gasteiger partial charge in [0.1, 0.15) is 5.52 Å². The number of amides is 1. The third-order valence-electron chi connectivity index (χ3n) is 4.65. The quantitative estimate of drug-likeness (QED) is 0.330. The topological polar surface area (TPSA) is 67.2 Å². The molecule has 1 aromatic heterocycles. The van der Waals surface area contributed by atoms with Crippen LogP contribution in [0.15, 0.2) is 63.5 Å². The van der Waals surface area contributed by atoms with E-state index in [0.29, 0.717) is 17.0 Å². The summed E-state index contributed by atoms with van der Waals surface area (Å²) >= 11 is 8.86. The number of hydrogen-bond donors (Lipinski definition) is 2. The van der Waals surface area contributed by atoms with E-state index in [-0.39, 0.29) is 11.0 Å². The molecule has 0 spiro atoms. The number of carbonyl (C=O) groups is 1. The van der Waals surface area contributed by atoms with Crippen LogP contribution in [0.4, 0.5) is 5.69 Å². The van der Waals surface area contributed by atoms with E-state index in [2.05, 4.69) is 37.6 Å². The lowest BCUT2D eigenvalue weighted by atomic mass is 9.96. The van der Waals surface area contributed by atoms with Crippen molar-refractivity contribution in [3.63, 3.8) is 0 Å². The number of fused-ring (bicyclic) bond motifs is 2. The van der Waals surface area contributed by atoms with Gasteiger partial charge in [0.05, 0.1) is 0 Å². The van der Waals surface area contributed by atoms with Crippen LogP contribution in [0.1, 0.15) is 20.8 Å².